The average molecular weight is 168 g/mol. The number of carboxylic acid groups (broad SMARTS) is 1. The van der Waals surface area contributed by atoms with E-state index in [1.165, 1.54) is 0 Å². The first-order chi connectivity index (χ1) is 5.26. The van der Waals surface area contributed by atoms with Crippen molar-refractivity contribution in [1.29, 1.82) is 0 Å². The lowest BCUT2D eigenvalue weighted by molar-refractivity contribution is -0.143. The zero-order chi connectivity index (χ0) is 9.73. The summed E-state index contributed by atoms with van der Waals surface area (Å²) in [5.74, 6) is -0.705. The minimum Gasteiger partial charge on any atom is -0.481 e. The molecular weight excluding hydrogens is 152 g/mol. The van der Waals surface area contributed by atoms with Crippen molar-refractivity contribution in [2.75, 3.05) is 0 Å². The van der Waals surface area contributed by atoms with Crippen LogP contribution in [0.15, 0.2) is 11.1 Å². The molecule has 0 aromatic heterocycles. The highest BCUT2D eigenvalue weighted by atomic mass is 16.4. The molecule has 0 radical (unpaired) electrons. The van der Waals surface area contributed by atoms with E-state index in [4.69, 9.17) is 5.11 Å². The maximum absolute atomic E-state index is 11.0. The molecule has 0 aromatic rings. The van der Waals surface area contributed by atoms with E-state index in [0.717, 1.165) is 11.1 Å². The number of carbonyl (C=O) groups is 1. The molecule has 0 saturated heterocycles. The lowest BCUT2D eigenvalue weighted by Gasteiger charge is -2.05. The highest BCUT2D eigenvalue weighted by molar-refractivity contribution is 5.87. The molecule has 0 amide bonds. The SMILES string of the molecule is CC(C)=C1C(C)(C)C1(C)C(=O)O. The summed E-state index contributed by atoms with van der Waals surface area (Å²) in [7, 11) is 0. The number of hydrogen-bond acceptors (Lipinski definition) is 1. The van der Waals surface area contributed by atoms with E-state index in [1.54, 1.807) is 6.92 Å². The molecule has 68 valence electrons. The topological polar surface area (TPSA) is 37.3 Å². The fourth-order valence-electron chi connectivity index (χ4n) is 2.34. The minimum absolute atomic E-state index is 0.155. The molecule has 1 aliphatic carbocycles. The van der Waals surface area contributed by atoms with Crippen molar-refractivity contribution in [3.05, 3.63) is 11.1 Å². The van der Waals surface area contributed by atoms with Crippen molar-refractivity contribution in [2.24, 2.45) is 10.8 Å². The Morgan fingerprint density at radius 1 is 1.25 bits per heavy atom. The molecule has 1 atom stereocenters. The van der Waals surface area contributed by atoms with Gasteiger partial charge in [0.05, 0.1) is 5.41 Å². The Hall–Kier alpha value is -0.790. The standard InChI is InChI=1S/C10H16O2/c1-6(2)7-9(3,4)10(7,5)8(11)12/h1-5H3,(H,11,12). The van der Waals surface area contributed by atoms with E-state index in [-0.39, 0.29) is 5.41 Å². The predicted molar refractivity (Wildman–Crippen MR) is 47.9 cm³/mol. The largest absolute Gasteiger partial charge is 0.481 e. The Bertz CT molecular complexity index is 270. The molecule has 1 unspecified atom stereocenters. The average Bonchev–Trinajstić information content (AvgIpc) is 2.28. The quantitative estimate of drug-likeness (QED) is 0.610. The smallest absolute Gasteiger partial charge is 0.314 e. The molecule has 1 aliphatic rings. The zero-order valence-corrected chi connectivity index (χ0v) is 8.36. The fraction of sp³-hybridized carbons (Fsp3) is 0.700. The summed E-state index contributed by atoms with van der Waals surface area (Å²) < 4.78 is 0. The van der Waals surface area contributed by atoms with Crippen LogP contribution in [0.1, 0.15) is 34.6 Å². The van der Waals surface area contributed by atoms with Crippen LogP contribution < -0.4 is 0 Å². The summed E-state index contributed by atoms with van der Waals surface area (Å²) in [6.07, 6.45) is 0. The Kier molecular flexibility index (Phi) is 1.64. The second-order valence-electron chi connectivity index (χ2n) is 4.43. The van der Waals surface area contributed by atoms with Gasteiger partial charge < -0.3 is 5.11 Å². The summed E-state index contributed by atoms with van der Waals surface area (Å²) in [6.45, 7) is 9.74. The van der Waals surface area contributed by atoms with Crippen molar-refractivity contribution < 1.29 is 9.90 Å². The number of aliphatic carboxylic acids is 1. The van der Waals surface area contributed by atoms with Crippen molar-refractivity contribution in [2.45, 2.75) is 34.6 Å². The van der Waals surface area contributed by atoms with E-state index in [1.807, 2.05) is 27.7 Å². The molecule has 1 saturated carbocycles. The molecule has 0 bridgehead atoms. The first-order valence-electron chi connectivity index (χ1n) is 4.18. The Morgan fingerprint density at radius 3 is 1.75 bits per heavy atom. The second kappa shape index (κ2) is 2.12. The van der Waals surface area contributed by atoms with E-state index in [9.17, 15) is 4.79 Å². The van der Waals surface area contributed by atoms with Crippen molar-refractivity contribution in [1.82, 2.24) is 0 Å². The molecule has 1 rings (SSSR count). The van der Waals surface area contributed by atoms with E-state index >= 15 is 0 Å². The monoisotopic (exact) mass is 168 g/mol. The summed E-state index contributed by atoms with van der Waals surface area (Å²) in [4.78, 5) is 11.0. The van der Waals surface area contributed by atoms with Gasteiger partial charge in [0.25, 0.3) is 0 Å². The maximum Gasteiger partial charge on any atom is 0.314 e. The molecule has 1 N–H and O–H groups in total. The maximum atomic E-state index is 11.0. The van der Waals surface area contributed by atoms with E-state index in [2.05, 4.69) is 0 Å². The van der Waals surface area contributed by atoms with Gasteiger partial charge in [-0.25, -0.2) is 0 Å². The van der Waals surface area contributed by atoms with Gasteiger partial charge in [0.2, 0.25) is 0 Å². The first-order valence-corrected chi connectivity index (χ1v) is 4.18. The Morgan fingerprint density at radius 2 is 1.67 bits per heavy atom. The van der Waals surface area contributed by atoms with Crippen molar-refractivity contribution in [3.8, 4) is 0 Å². The van der Waals surface area contributed by atoms with Crippen LogP contribution in [0.25, 0.3) is 0 Å². The third-order valence-electron chi connectivity index (χ3n) is 3.24. The number of carboxylic acids is 1. The molecule has 2 heteroatoms. The number of allylic oxidation sites excluding steroid dienone is 1. The molecule has 0 heterocycles. The summed E-state index contributed by atoms with van der Waals surface area (Å²) >= 11 is 0. The Balaban J connectivity index is 3.18. The van der Waals surface area contributed by atoms with E-state index < -0.39 is 11.4 Å². The molecule has 1 fully saturated rings. The highest BCUT2D eigenvalue weighted by Gasteiger charge is 2.68. The van der Waals surface area contributed by atoms with Crippen LogP contribution in [0.4, 0.5) is 0 Å². The van der Waals surface area contributed by atoms with Gasteiger partial charge >= 0.3 is 5.97 Å². The van der Waals surface area contributed by atoms with Crippen LogP contribution in [0.3, 0.4) is 0 Å². The molecule has 12 heavy (non-hydrogen) atoms. The van der Waals surface area contributed by atoms with Gasteiger partial charge in [0.15, 0.2) is 0 Å². The van der Waals surface area contributed by atoms with Crippen LogP contribution in [-0.4, -0.2) is 11.1 Å². The van der Waals surface area contributed by atoms with Crippen LogP contribution >= 0.6 is 0 Å². The van der Waals surface area contributed by atoms with Crippen molar-refractivity contribution >= 4 is 5.97 Å². The second-order valence-corrected chi connectivity index (χ2v) is 4.43. The fourth-order valence-corrected chi connectivity index (χ4v) is 2.34. The summed E-state index contributed by atoms with van der Waals surface area (Å²) in [5, 5.41) is 9.03. The third kappa shape index (κ3) is 0.780. The van der Waals surface area contributed by atoms with E-state index in [0.29, 0.717) is 0 Å². The molecule has 0 spiro atoms. The normalized spacial score (nSPS) is 31.6. The van der Waals surface area contributed by atoms with Crippen LogP contribution in [0, 0.1) is 10.8 Å². The van der Waals surface area contributed by atoms with Gasteiger partial charge in [-0.15, -0.1) is 0 Å². The predicted octanol–water partition coefficient (Wildman–Crippen LogP) is 2.45. The van der Waals surface area contributed by atoms with Gasteiger partial charge in [-0.3, -0.25) is 4.79 Å². The van der Waals surface area contributed by atoms with Crippen LogP contribution in [-0.2, 0) is 4.79 Å². The van der Waals surface area contributed by atoms with Gasteiger partial charge in [-0.1, -0.05) is 19.4 Å². The molecule has 0 aromatic carbocycles. The molecular formula is C10H16O2. The summed E-state index contributed by atoms with van der Waals surface area (Å²) in [5.41, 5.74) is 1.45. The van der Waals surface area contributed by atoms with Crippen molar-refractivity contribution in [3.63, 3.8) is 0 Å². The lowest BCUT2D eigenvalue weighted by Crippen LogP contribution is -2.16. The third-order valence-corrected chi connectivity index (χ3v) is 3.24. The highest BCUT2D eigenvalue weighted by Crippen LogP contribution is 2.69. The molecule has 0 aliphatic heterocycles. The number of rotatable bonds is 1. The molecule has 2 nitrogen and oxygen atoms in total. The van der Waals surface area contributed by atoms with Crippen LogP contribution in [0.2, 0.25) is 0 Å². The first kappa shape index (κ1) is 9.30. The van der Waals surface area contributed by atoms with Gasteiger partial charge in [0, 0.05) is 5.41 Å². The van der Waals surface area contributed by atoms with Gasteiger partial charge in [-0.2, -0.15) is 0 Å². The minimum atomic E-state index is -0.705. The van der Waals surface area contributed by atoms with Gasteiger partial charge in [0.1, 0.15) is 0 Å². The van der Waals surface area contributed by atoms with Crippen LogP contribution in [0.5, 0.6) is 0 Å². The zero-order valence-electron chi connectivity index (χ0n) is 8.36. The summed E-state index contributed by atoms with van der Waals surface area (Å²) in [6, 6.07) is 0. The Labute approximate surface area is 73.3 Å². The number of hydrogen-bond donors (Lipinski definition) is 1. The lowest BCUT2D eigenvalue weighted by atomic mass is 9.99. The van der Waals surface area contributed by atoms with Gasteiger partial charge in [-0.05, 0) is 26.3 Å².